The number of phenols is 1. The fourth-order valence-electron chi connectivity index (χ4n) is 2.36. The summed E-state index contributed by atoms with van der Waals surface area (Å²) in [5.74, 6) is 0.251. The van der Waals surface area contributed by atoms with Crippen LogP contribution in [0.4, 0.5) is 0 Å². The zero-order valence-corrected chi connectivity index (χ0v) is 12.4. The van der Waals surface area contributed by atoms with Crippen LogP contribution in [0.25, 0.3) is 0 Å². The number of piperazine rings is 1. The molecule has 0 spiro atoms. The molecule has 116 valence electrons. The molecule has 0 aromatic heterocycles. The molecule has 1 aliphatic rings. The van der Waals surface area contributed by atoms with Gasteiger partial charge in [-0.05, 0) is 31.2 Å². The molecular formula is C15H23N3O3. The third-order valence-electron chi connectivity index (χ3n) is 3.59. The number of amides is 1. The quantitative estimate of drug-likeness (QED) is 0.663. The van der Waals surface area contributed by atoms with Gasteiger partial charge in [0.1, 0.15) is 11.5 Å². The van der Waals surface area contributed by atoms with Crippen molar-refractivity contribution >= 4 is 5.91 Å². The van der Waals surface area contributed by atoms with E-state index in [-0.39, 0.29) is 17.2 Å². The van der Waals surface area contributed by atoms with Crippen molar-refractivity contribution in [2.45, 2.75) is 6.42 Å². The smallest absolute Gasteiger partial charge is 0.255 e. The van der Waals surface area contributed by atoms with Gasteiger partial charge in [-0.15, -0.1) is 0 Å². The second-order valence-electron chi connectivity index (χ2n) is 5.08. The van der Waals surface area contributed by atoms with E-state index >= 15 is 0 Å². The Hall–Kier alpha value is -1.79. The fraction of sp³-hybridized carbons (Fsp3) is 0.533. The molecule has 1 aromatic rings. The van der Waals surface area contributed by atoms with Gasteiger partial charge in [0, 0.05) is 32.7 Å². The topological polar surface area (TPSA) is 73.8 Å². The Morgan fingerprint density at radius 1 is 1.43 bits per heavy atom. The fourth-order valence-corrected chi connectivity index (χ4v) is 2.36. The van der Waals surface area contributed by atoms with E-state index in [4.69, 9.17) is 4.74 Å². The van der Waals surface area contributed by atoms with Gasteiger partial charge in [-0.2, -0.15) is 0 Å². The number of carbonyl (C=O) groups excluding carboxylic acids is 1. The van der Waals surface area contributed by atoms with E-state index in [1.165, 1.54) is 13.2 Å². The molecule has 0 atom stereocenters. The lowest BCUT2D eigenvalue weighted by Crippen LogP contribution is -2.44. The number of carbonyl (C=O) groups is 1. The van der Waals surface area contributed by atoms with Gasteiger partial charge in [0.05, 0.1) is 12.7 Å². The van der Waals surface area contributed by atoms with Crippen molar-refractivity contribution in [2.24, 2.45) is 0 Å². The van der Waals surface area contributed by atoms with Crippen LogP contribution in [-0.2, 0) is 0 Å². The minimum absolute atomic E-state index is 0.0320. The number of nitrogens with zero attached hydrogens (tertiary/aromatic N) is 1. The summed E-state index contributed by atoms with van der Waals surface area (Å²) in [6.45, 7) is 5.76. The summed E-state index contributed by atoms with van der Waals surface area (Å²) in [7, 11) is 1.53. The van der Waals surface area contributed by atoms with Gasteiger partial charge < -0.3 is 25.4 Å². The van der Waals surface area contributed by atoms with Crippen LogP contribution in [0.5, 0.6) is 11.5 Å². The van der Waals surface area contributed by atoms with E-state index in [0.29, 0.717) is 12.3 Å². The molecule has 1 aliphatic heterocycles. The number of hydrogen-bond acceptors (Lipinski definition) is 5. The summed E-state index contributed by atoms with van der Waals surface area (Å²) in [5, 5.41) is 15.9. The van der Waals surface area contributed by atoms with Crippen molar-refractivity contribution in [1.29, 1.82) is 0 Å². The van der Waals surface area contributed by atoms with E-state index in [2.05, 4.69) is 15.5 Å². The first-order valence-electron chi connectivity index (χ1n) is 7.29. The lowest BCUT2D eigenvalue weighted by Gasteiger charge is -2.27. The van der Waals surface area contributed by atoms with Crippen LogP contribution in [0.3, 0.4) is 0 Å². The highest BCUT2D eigenvalue weighted by Gasteiger charge is 2.13. The van der Waals surface area contributed by atoms with Crippen molar-refractivity contribution in [2.75, 3.05) is 46.4 Å². The highest BCUT2D eigenvalue weighted by Crippen LogP contribution is 2.22. The monoisotopic (exact) mass is 293 g/mol. The number of methoxy groups -OCH3 is 1. The number of phenolic OH excluding ortho intramolecular Hbond substituents is 1. The summed E-state index contributed by atoms with van der Waals surface area (Å²) in [4.78, 5) is 14.4. The molecule has 1 amide bonds. The lowest BCUT2D eigenvalue weighted by atomic mass is 10.1. The molecule has 21 heavy (non-hydrogen) atoms. The molecule has 0 bridgehead atoms. The standard InChI is InChI=1S/C15H23N3O3/c1-21-12-3-4-14(19)13(11-12)15(20)17-5-2-8-18-9-6-16-7-10-18/h3-4,11,16,19H,2,5-10H2,1H3,(H,17,20). The third kappa shape index (κ3) is 4.61. The zero-order valence-electron chi connectivity index (χ0n) is 12.4. The maximum absolute atomic E-state index is 12.0. The summed E-state index contributed by atoms with van der Waals surface area (Å²) in [6.07, 6.45) is 0.899. The Kier molecular flexibility index (Phi) is 5.83. The van der Waals surface area contributed by atoms with Crippen molar-refractivity contribution in [3.63, 3.8) is 0 Å². The SMILES string of the molecule is COc1ccc(O)c(C(=O)NCCCN2CCNCC2)c1. The molecule has 3 N–H and O–H groups in total. The summed E-state index contributed by atoms with van der Waals surface area (Å²) >= 11 is 0. The molecule has 0 radical (unpaired) electrons. The molecule has 6 nitrogen and oxygen atoms in total. The first-order valence-corrected chi connectivity index (χ1v) is 7.29. The molecule has 1 aromatic carbocycles. The zero-order chi connectivity index (χ0) is 15.1. The number of aromatic hydroxyl groups is 1. The van der Waals surface area contributed by atoms with E-state index in [9.17, 15) is 9.90 Å². The summed E-state index contributed by atoms with van der Waals surface area (Å²) < 4.78 is 5.06. The second kappa shape index (κ2) is 7.85. The van der Waals surface area contributed by atoms with Gasteiger partial charge in [0.25, 0.3) is 5.91 Å². The molecule has 2 rings (SSSR count). The van der Waals surface area contributed by atoms with Gasteiger partial charge >= 0.3 is 0 Å². The van der Waals surface area contributed by atoms with Gasteiger partial charge in [0.15, 0.2) is 0 Å². The van der Waals surface area contributed by atoms with E-state index in [0.717, 1.165) is 39.1 Å². The minimum atomic E-state index is -0.272. The molecule has 1 heterocycles. The molecule has 0 aliphatic carbocycles. The molecule has 0 unspecified atom stereocenters. The maximum atomic E-state index is 12.0. The predicted molar refractivity (Wildman–Crippen MR) is 80.9 cm³/mol. The summed E-state index contributed by atoms with van der Waals surface area (Å²) in [6, 6.07) is 4.63. The van der Waals surface area contributed by atoms with Crippen LogP contribution in [0.15, 0.2) is 18.2 Å². The number of hydrogen-bond donors (Lipinski definition) is 3. The predicted octanol–water partition coefficient (Wildman–Crippen LogP) is 0.426. The Bertz CT molecular complexity index is 473. The highest BCUT2D eigenvalue weighted by molar-refractivity contribution is 5.97. The van der Waals surface area contributed by atoms with Gasteiger partial charge in [-0.3, -0.25) is 4.79 Å². The van der Waals surface area contributed by atoms with Gasteiger partial charge in [-0.1, -0.05) is 0 Å². The molecule has 0 saturated carbocycles. The molecule has 1 fully saturated rings. The Morgan fingerprint density at radius 3 is 2.90 bits per heavy atom. The van der Waals surface area contributed by atoms with Crippen molar-refractivity contribution in [1.82, 2.24) is 15.5 Å². The molecule has 1 saturated heterocycles. The largest absolute Gasteiger partial charge is 0.507 e. The molecule has 6 heteroatoms. The average molecular weight is 293 g/mol. The first kappa shape index (κ1) is 15.6. The first-order chi connectivity index (χ1) is 10.2. The van der Waals surface area contributed by atoms with Crippen molar-refractivity contribution in [3.8, 4) is 11.5 Å². The van der Waals surface area contributed by atoms with Crippen LogP contribution < -0.4 is 15.4 Å². The normalized spacial score (nSPS) is 15.7. The van der Waals surface area contributed by atoms with E-state index < -0.39 is 0 Å². The summed E-state index contributed by atoms with van der Waals surface area (Å²) in [5.41, 5.74) is 0.247. The number of rotatable bonds is 6. The van der Waals surface area contributed by atoms with Crippen LogP contribution in [0.2, 0.25) is 0 Å². The van der Waals surface area contributed by atoms with E-state index in [1.54, 1.807) is 12.1 Å². The second-order valence-corrected chi connectivity index (χ2v) is 5.08. The third-order valence-corrected chi connectivity index (χ3v) is 3.59. The maximum Gasteiger partial charge on any atom is 0.255 e. The van der Waals surface area contributed by atoms with Crippen LogP contribution in [0.1, 0.15) is 16.8 Å². The average Bonchev–Trinajstić information content (AvgIpc) is 2.53. The van der Waals surface area contributed by atoms with Gasteiger partial charge in [-0.25, -0.2) is 0 Å². The van der Waals surface area contributed by atoms with Gasteiger partial charge in [0.2, 0.25) is 0 Å². The Labute approximate surface area is 125 Å². The van der Waals surface area contributed by atoms with Crippen LogP contribution >= 0.6 is 0 Å². The Balaban J connectivity index is 1.76. The number of nitrogens with one attached hydrogen (secondary N) is 2. The lowest BCUT2D eigenvalue weighted by molar-refractivity contribution is 0.0948. The Morgan fingerprint density at radius 2 is 2.19 bits per heavy atom. The van der Waals surface area contributed by atoms with Crippen molar-refractivity contribution < 1.29 is 14.6 Å². The number of benzene rings is 1. The number of ether oxygens (including phenoxy) is 1. The highest BCUT2D eigenvalue weighted by atomic mass is 16.5. The van der Waals surface area contributed by atoms with Crippen LogP contribution in [-0.4, -0.2) is 62.3 Å². The molecular weight excluding hydrogens is 270 g/mol. The van der Waals surface area contributed by atoms with Crippen LogP contribution in [0, 0.1) is 0 Å². The minimum Gasteiger partial charge on any atom is -0.507 e. The van der Waals surface area contributed by atoms with E-state index in [1.807, 2.05) is 0 Å². The van der Waals surface area contributed by atoms with Crippen molar-refractivity contribution in [3.05, 3.63) is 23.8 Å².